The summed E-state index contributed by atoms with van der Waals surface area (Å²) < 4.78 is 6.49. The van der Waals surface area contributed by atoms with Crippen LogP contribution in [0.25, 0.3) is 0 Å². The highest BCUT2D eigenvalue weighted by molar-refractivity contribution is 7.49. The number of ether oxygens (including phenoxy) is 1. The molecule has 0 aromatic heterocycles. The van der Waals surface area contributed by atoms with Gasteiger partial charge in [0.1, 0.15) is 12.4 Å². The molecule has 0 heterocycles. The lowest BCUT2D eigenvalue weighted by Crippen LogP contribution is -2.25. The number of hydrogen-bond acceptors (Lipinski definition) is 2. The molecule has 0 bridgehead atoms. The molecule has 0 spiro atoms. The van der Waals surface area contributed by atoms with E-state index in [1.807, 2.05) is 6.07 Å². The third-order valence-electron chi connectivity index (χ3n) is 6.17. The molecule has 0 amide bonds. The zero-order valence-corrected chi connectivity index (χ0v) is 20.8. The van der Waals surface area contributed by atoms with E-state index in [0.29, 0.717) is 15.2 Å². The van der Waals surface area contributed by atoms with E-state index in [0.717, 1.165) is 18.6 Å². The SMILES string of the molecule is CCC(CC)(Pc1ccc(C)cc1N(C)C)c1cccc(C)c1OCc1ccccc1. The number of benzene rings is 3. The Hall–Kier alpha value is -2.31. The van der Waals surface area contributed by atoms with Crippen LogP contribution in [0.1, 0.15) is 48.9 Å². The highest BCUT2D eigenvalue weighted by atomic mass is 31.1. The van der Waals surface area contributed by atoms with Gasteiger partial charge in [-0.25, -0.2) is 0 Å². The second kappa shape index (κ2) is 10.3. The summed E-state index contributed by atoms with van der Waals surface area (Å²) in [7, 11) is 4.96. The van der Waals surface area contributed by atoms with Gasteiger partial charge in [0.25, 0.3) is 0 Å². The van der Waals surface area contributed by atoms with Crippen molar-refractivity contribution in [3.05, 3.63) is 89.0 Å². The Morgan fingerprint density at radius 1 is 0.871 bits per heavy atom. The van der Waals surface area contributed by atoms with Gasteiger partial charge in [0.2, 0.25) is 0 Å². The zero-order valence-electron chi connectivity index (χ0n) is 19.8. The van der Waals surface area contributed by atoms with E-state index >= 15 is 0 Å². The molecule has 3 rings (SSSR count). The molecule has 0 saturated carbocycles. The topological polar surface area (TPSA) is 12.5 Å². The first kappa shape index (κ1) is 23.4. The normalized spacial score (nSPS) is 11.8. The second-order valence-electron chi connectivity index (χ2n) is 8.56. The Bertz CT molecular complexity index is 993. The maximum atomic E-state index is 6.49. The molecular weight excluding hydrogens is 397 g/mol. The minimum atomic E-state index is 0.0536. The summed E-state index contributed by atoms with van der Waals surface area (Å²) in [4.78, 5) is 2.24. The first-order valence-corrected chi connectivity index (χ1v) is 12.2. The molecule has 0 aliphatic rings. The number of nitrogens with zero attached hydrogens (tertiary/aromatic N) is 1. The van der Waals surface area contributed by atoms with Crippen LogP contribution in [-0.4, -0.2) is 14.1 Å². The van der Waals surface area contributed by atoms with Crippen LogP contribution in [0.2, 0.25) is 0 Å². The fraction of sp³-hybridized carbons (Fsp3) is 0.357. The number of para-hydroxylation sites is 1. The number of aryl methyl sites for hydroxylation is 2. The summed E-state index contributed by atoms with van der Waals surface area (Å²) >= 11 is 0. The predicted molar refractivity (Wildman–Crippen MR) is 138 cm³/mol. The summed E-state index contributed by atoms with van der Waals surface area (Å²) in [5, 5.41) is 1.48. The van der Waals surface area contributed by atoms with Crippen molar-refractivity contribution < 1.29 is 4.74 Å². The minimum absolute atomic E-state index is 0.0536. The van der Waals surface area contributed by atoms with Crippen LogP contribution in [0.15, 0.2) is 66.7 Å². The first-order chi connectivity index (χ1) is 14.9. The molecule has 164 valence electrons. The van der Waals surface area contributed by atoms with Crippen LogP contribution < -0.4 is 14.9 Å². The van der Waals surface area contributed by atoms with E-state index in [9.17, 15) is 0 Å². The second-order valence-corrected chi connectivity index (χ2v) is 10.3. The van der Waals surface area contributed by atoms with Crippen LogP contribution in [-0.2, 0) is 11.8 Å². The van der Waals surface area contributed by atoms with Crippen molar-refractivity contribution >= 4 is 19.6 Å². The fourth-order valence-electron chi connectivity index (χ4n) is 4.20. The van der Waals surface area contributed by atoms with Gasteiger partial charge in [0.15, 0.2) is 0 Å². The molecule has 1 unspecified atom stereocenters. The van der Waals surface area contributed by atoms with Crippen LogP contribution in [0.5, 0.6) is 5.75 Å². The maximum absolute atomic E-state index is 6.49. The Labute approximate surface area is 190 Å². The molecule has 2 nitrogen and oxygen atoms in total. The van der Waals surface area contributed by atoms with Crippen molar-refractivity contribution in [2.45, 2.75) is 52.3 Å². The Morgan fingerprint density at radius 3 is 2.23 bits per heavy atom. The highest BCUT2D eigenvalue weighted by Gasteiger charge is 2.33. The van der Waals surface area contributed by atoms with E-state index in [1.54, 1.807) is 0 Å². The van der Waals surface area contributed by atoms with Gasteiger partial charge in [-0.3, -0.25) is 0 Å². The number of hydrogen-bond donors (Lipinski definition) is 0. The molecule has 3 heteroatoms. The first-order valence-electron chi connectivity index (χ1n) is 11.2. The third-order valence-corrected chi connectivity index (χ3v) is 8.32. The molecule has 0 N–H and O–H groups in total. The average Bonchev–Trinajstić information content (AvgIpc) is 2.78. The Balaban J connectivity index is 2.02. The quantitative estimate of drug-likeness (QED) is 0.338. The van der Waals surface area contributed by atoms with E-state index in [2.05, 4.69) is 107 Å². The predicted octanol–water partition coefficient (Wildman–Crippen LogP) is 6.97. The van der Waals surface area contributed by atoms with Gasteiger partial charge in [0.05, 0.1) is 0 Å². The standard InChI is InChI=1S/C28H36NOP/c1-7-28(8-2,31-26-18-17-21(3)19-25(26)29(5)6)24-16-12-13-22(4)27(24)30-20-23-14-10-9-11-15-23/h9-19,31H,7-8,20H2,1-6H3. The summed E-state index contributed by atoms with van der Waals surface area (Å²) in [5.41, 5.74) is 6.38. The van der Waals surface area contributed by atoms with Gasteiger partial charge < -0.3 is 9.64 Å². The van der Waals surface area contributed by atoms with Gasteiger partial charge in [-0.1, -0.05) is 83.1 Å². The van der Waals surface area contributed by atoms with Crippen LogP contribution in [0, 0.1) is 13.8 Å². The summed E-state index contributed by atoms with van der Waals surface area (Å²) in [6.07, 6.45) is 2.15. The van der Waals surface area contributed by atoms with Crippen molar-refractivity contribution in [3.63, 3.8) is 0 Å². The van der Waals surface area contributed by atoms with Gasteiger partial charge in [-0.15, -0.1) is 0 Å². The molecule has 0 aliphatic heterocycles. The van der Waals surface area contributed by atoms with Gasteiger partial charge in [0, 0.05) is 30.5 Å². The van der Waals surface area contributed by atoms with Crippen LogP contribution in [0.3, 0.4) is 0 Å². The van der Waals surface area contributed by atoms with Gasteiger partial charge >= 0.3 is 0 Å². The molecule has 3 aromatic rings. The number of anilines is 1. The van der Waals surface area contributed by atoms with E-state index in [4.69, 9.17) is 4.74 Å². The molecule has 3 aromatic carbocycles. The third kappa shape index (κ3) is 5.31. The Morgan fingerprint density at radius 2 is 1.58 bits per heavy atom. The molecule has 1 atom stereocenters. The van der Waals surface area contributed by atoms with Crippen molar-refractivity contribution in [3.8, 4) is 5.75 Å². The smallest absolute Gasteiger partial charge is 0.126 e. The lowest BCUT2D eigenvalue weighted by Gasteiger charge is -2.36. The molecule has 0 radical (unpaired) electrons. The fourth-order valence-corrected chi connectivity index (χ4v) is 5.99. The average molecular weight is 434 g/mol. The lowest BCUT2D eigenvalue weighted by molar-refractivity contribution is 0.296. The molecule has 31 heavy (non-hydrogen) atoms. The monoisotopic (exact) mass is 433 g/mol. The highest BCUT2D eigenvalue weighted by Crippen LogP contribution is 2.51. The maximum Gasteiger partial charge on any atom is 0.126 e. The minimum Gasteiger partial charge on any atom is -0.488 e. The van der Waals surface area contributed by atoms with Crippen LogP contribution in [0.4, 0.5) is 5.69 Å². The molecule has 0 saturated heterocycles. The van der Waals surface area contributed by atoms with Crippen molar-refractivity contribution in [2.75, 3.05) is 19.0 Å². The van der Waals surface area contributed by atoms with E-state index in [-0.39, 0.29) is 5.16 Å². The van der Waals surface area contributed by atoms with Crippen molar-refractivity contribution in [2.24, 2.45) is 0 Å². The summed E-state index contributed by atoms with van der Waals surface area (Å²) in [5.74, 6) is 1.06. The number of rotatable bonds is 9. The molecular formula is C28H36NOP. The Kier molecular flexibility index (Phi) is 7.79. The van der Waals surface area contributed by atoms with Gasteiger partial charge in [-0.05, 0) is 54.8 Å². The lowest BCUT2D eigenvalue weighted by atomic mass is 9.90. The van der Waals surface area contributed by atoms with E-state index < -0.39 is 0 Å². The van der Waals surface area contributed by atoms with Gasteiger partial charge in [-0.2, -0.15) is 0 Å². The molecule has 0 aliphatic carbocycles. The molecule has 0 fully saturated rings. The van der Waals surface area contributed by atoms with E-state index in [1.165, 1.54) is 33.2 Å². The van der Waals surface area contributed by atoms with Crippen LogP contribution >= 0.6 is 8.58 Å². The summed E-state index contributed by atoms with van der Waals surface area (Å²) in [6, 6.07) is 24.0. The summed E-state index contributed by atoms with van der Waals surface area (Å²) in [6.45, 7) is 9.58. The van der Waals surface area contributed by atoms with Crippen molar-refractivity contribution in [1.82, 2.24) is 0 Å². The largest absolute Gasteiger partial charge is 0.488 e. The zero-order chi connectivity index (χ0) is 22.4. The van der Waals surface area contributed by atoms with Crippen molar-refractivity contribution in [1.29, 1.82) is 0 Å².